The van der Waals surface area contributed by atoms with Crippen LogP contribution in [0.25, 0.3) is 43.1 Å². The molecular weight excluding hydrogens is 498 g/mol. The van der Waals surface area contributed by atoms with Crippen molar-refractivity contribution in [1.82, 2.24) is 0 Å². The fraction of sp³-hybridized carbons (Fsp3) is 0.0714. The minimum atomic E-state index is 0. The summed E-state index contributed by atoms with van der Waals surface area (Å²) in [4.78, 5) is 0. The normalized spacial score (nSPS) is 10.7. The van der Waals surface area contributed by atoms with Crippen LogP contribution >= 0.6 is 0 Å². The van der Waals surface area contributed by atoms with Crippen LogP contribution in [0.15, 0.2) is 97.1 Å². The van der Waals surface area contributed by atoms with Gasteiger partial charge in [0.05, 0.1) is 0 Å². The van der Waals surface area contributed by atoms with Gasteiger partial charge in [0.1, 0.15) is 0 Å². The molecule has 0 N–H and O–H groups in total. The van der Waals surface area contributed by atoms with Gasteiger partial charge < -0.3 is 24.8 Å². The van der Waals surface area contributed by atoms with Gasteiger partial charge in [0.15, 0.2) is 0 Å². The van der Waals surface area contributed by atoms with Crippen LogP contribution in [0.1, 0.15) is 11.1 Å². The van der Waals surface area contributed by atoms with E-state index in [1.807, 2.05) is 0 Å². The molecule has 0 atom stereocenters. The van der Waals surface area contributed by atoms with Gasteiger partial charge in [0.2, 0.25) is 0 Å². The van der Waals surface area contributed by atoms with Crippen molar-refractivity contribution in [2.24, 2.45) is 0 Å². The number of fused-ring (bicyclic) bond motifs is 4. The summed E-state index contributed by atoms with van der Waals surface area (Å²) in [7, 11) is 0. The second-order valence-corrected chi connectivity index (χ2v) is 7.88. The molecule has 0 fully saturated rings. The molecule has 0 aliphatic heterocycles. The summed E-state index contributed by atoms with van der Waals surface area (Å²) < 4.78 is 0. The van der Waals surface area contributed by atoms with Gasteiger partial charge in [-0.25, -0.2) is 0 Å². The van der Waals surface area contributed by atoms with Crippen LogP contribution in [0, 0.1) is 0 Å². The van der Waals surface area contributed by atoms with E-state index in [0.717, 1.165) is 12.8 Å². The predicted octanol–water partition coefficient (Wildman–Crippen LogP) is 1.53. The van der Waals surface area contributed by atoms with Gasteiger partial charge in [-0.15, -0.1) is 56.9 Å². The number of hydrogen-bond donors (Lipinski definition) is 0. The first-order valence-electron chi connectivity index (χ1n) is 9.98. The Bertz CT molecular complexity index is 1250. The van der Waals surface area contributed by atoms with E-state index in [1.54, 1.807) is 0 Å². The molecule has 0 heterocycles. The van der Waals surface area contributed by atoms with Gasteiger partial charge in [-0.1, -0.05) is 71.4 Å². The maximum absolute atomic E-state index is 2.36. The van der Waals surface area contributed by atoms with Crippen LogP contribution in [0.5, 0.6) is 0 Å². The van der Waals surface area contributed by atoms with E-state index in [-0.39, 0.29) is 51.0 Å². The first-order chi connectivity index (χ1) is 13.8. The van der Waals surface area contributed by atoms with Crippen molar-refractivity contribution in [3.05, 3.63) is 108 Å². The monoisotopic (exact) mass is 516 g/mol. The molecule has 150 valence electrons. The third kappa shape index (κ3) is 4.51. The molecule has 6 aromatic carbocycles. The fourth-order valence-corrected chi connectivity index (χ4v) is 4.51. The largest absolute Gasteiger partial charge is 4.00 e. The Morgan fingerprint density at radius 3 is 1.19 bits per heavy atom. The van der Waals surface area contributed by atoms with Crippen molar-refractivity contribution < 1.29 is 51.0 Å². The zero-order valence-electron chi connectivity index (χ0n) is 16.9. The molecule has 0 aliphatic carbocycles. The van der Waals surface area contributed by atoms with Crippen molar-refractivity contribution in [1.29, 1.82) is 0 Å². The Hall–Kier alpha value is -1.92. The van der Waals surface area contributed by atoms with E-state index in [9.17, 15) is 0 Å². The van der Waals surface area contributed by atoms with Gasteiger partial charge >= 0.3 is 26.2 Å². The van der Waals surface area contributed by atoms with Gasteiger partial charge in [0, 0.05) is 0 Å². The van der Waals surface area contributed by atoms with Crippen molar-refractivity contribution in [3.63, 3.8) is 0 Å². The zero-order valence-corrected chi connectivity index (χ0v) is 20.9. The average Bonchev–Trinajstić information content (AvgIpc) is 3.30. The molecule has 0 spiro atoms. The summed E-state index contributed by atoms with van der Waals surface area (Å²) in [6.07, 6.45) is 2.17. The van der Waals surface area contributed by atoms with Crippen molar-refractivity contribution >= 4 is 43.1 Å². The number of rotatable bonds is 3. The standard InChI is InChI=1S/C28H20.2ClH.Zr/c1-2-6-22-16-26-12-19(11-25(26)15-21(22)5-1)9-10-20-13-27-17-23-7-3-4-8-24(23)18-28(27)14-20;;;/h1-8,11-18H,9-10H2;2*1H;/q-2;;;+4/p-2. The van der Waals surface area contributed by atoms with Crippen LogP contribution in [0.3, 0.4) is 0 Å². The van der Waals surface area contributed by atoms with E-state index >= 15 is 0 Å². The second kappa shape index (κ2) is 9.70. The molecule has 6 rings (SSSR count). The molecule has 0 saturated carbocycles. The molecule has 0 nitrogen and oxygen atoms in total. The third-order valence-electron chi connectivity index (χ3n) is 5.97. The van der Waals surface area contributed by atoms with Crippen molar-refractivity contribution in [3.8, 4) is 0 Å². The molecular formula is C28H20Cl2Zr. The first kappa shape index (κ1) is 23.7. The summed E-state index contributed by atoms with van der Waals surface area (Å²) >= 11 is 0. The Morgan fingerprint density at radius 1 is 0.452 bits per heavy atom. The van der Waals surface area contributed by atoms with Crippen molar-refractivity contribution in [2.45, 2.75) is 12.8 Å². The zero-order chi connectivity index (χ0) is 18.5. The minimum Gasteiger partial charge on any atom is -1.00 e. The van der Waals surface area contributed by atoms with Gasteiger partial charge in [-0.05, 0) is 23.6 Å². The molecule has 0 aliphatic rings. The molecule has 0 aromatic heterocycles. The molecule has 3 heteroatoms. The molecule has 31 heavy (non-hydrogen) atoms. The predicted molar refractivity (Wildman–Crippen MR) is 122 cm³/mol. The second-order valence-electron chi connectivity index (χ2n) is 7.88. The minimum absolute atomic E-state index is 0. The van der Waals surface area contributed by atoms with E-state index in [0.29, 0.717) is 0 Å². The quantitative estimate of drug-likeness (QED) is 0.312. The molecule has 0 saturated heterocycles. The van der Waals surface area contributed by atoms with Crippen molar-refractivity contribution in [2.75, 3.05) is 0 Å². The van der Waals surface area contributed by atoms with Gasteiger partial charge in [0.25, 0.3) is 0 Å². The summed E-state index contributed by atoms with van der Waals surface area (Å²) in [5, 5.41) is 10.7. The maximum Gasteiger partial charge on any atom is 4.00 e. The van der Waals surface area contributed by atoms with Gasteiger partial charge in [-0.2, -0.15) is 12.1 Å². The first-order valence-corrected chi connectivity index (χ1v) is 9.98. The Kier molecular flexibility index (Phi) is 7.43. The van der Waals surface area contributed by atoms with E-state index in [4.69, 9.17) is 0 Å². The Balaban J connectivity index is 0.000000907. The molecule has 0 bridgehead atoms. The van der Waals surface area contributed by atoms with E-state index in [1.165, 1.54) is 54.2 Å². The summed E-state index contributed by atoms with van der Waals surface area (Å²) in [6, 6.07) is 35.9. The Labute approximate surface area is 213 Å². The SMILES string of the molecule is [Cl-].[Cl-].[Zr+4].c1ccc2cc3[cH-]c(CCc4cc5cc6ccccc6cc5[cH-]4)cc3cc2c1. The van der Waals surface area contributed by atoms with Crippen LogP contribution in [0.2, 0.25) is 0 Å². The average molecular weight is 519 g/mol. The van der Waals surface area contributed by atoms with E-state index in [2.05, 4.69) is 97.1 Å². The number of aryl methyl sites for hydroxylation is 2. The maximum atomic E-state index is 2.36. The third-order valence-corrected chi connectivity index (χ3v) is 5.97. The fourth-order valence-electron chi connectivity index (χ4n) is 4.51. The number of benzene rings is 4. The number of halogens is 2. The summed E-state index contributed by atoms with van der Waals surface area (Å²) in [5.74, 6) is 0. The smallest absolute Gasteiger partial charge is 1.00 e. The molecule has 0 radical (unpaired) electrons. The van der Waals surface area contributed by atoms with Crippen LogP contribution in [-0.4, -0.2) is 0 Å². The van der Waals surface area contributed by atoms with Crippen LogP contribution in [0.4, 0.5) is 0 Å². The Morgan fingerprint density at radius 2 is 0.806 bits per heavy atom. The molecule has 0 amide bonds. The number of hydrogen-bond acceptors (Lipinski definition) is 0. The van der Waals surface area contributed by atoms with Gasteiger partial charge in [-0.3, -0.25) is 0 Å². The van der Waals surface area contributed by atoms with Crippen LogP contribution in [-0.2, 0) is 39.0 Å². The van der Waals surface area contributed by atoms with Crippen LogP contribution < -0.4 is 24.8 Å². The molecule has 6 aromatic rings. The molecule has 0 unspecified atom stereocenters. The topological polar surface area (TPSA) is 0 Å². The summed E-state index contributed by atoms with van der Waals surface area (Å²) in [6.45, 7) is 0. The van der Waals surface area contributed by atoms with E-state index < -0.39 is 0 Å². The summed E-state index contributed by atoms with van der Waals surface area (Å²) in [5.41, 5.74) is 2.86.